The van der Waals surface area contributed by atoms with Crippen LogP contribution in [0.2, 0.25) is 0 Å². The summed E-state index contributed by atoms with van der Waals surface area (Å²) < 4.78 is 1.89. The molecule has 6 nitrogen and oxygen atoms in total. The van der Waals surface area contributed by atoms with Gasteiger partial charge in [0.25, 0.3) is 0 Å². The Labute approximate surface area is 162 Å². The van der Waals surface area contributed by atoms with Crippen molar-refractivity contribution >= 4 is 5.96 Å². The number of rotatable bonds is 9. The van der Waals surface area contributed by atoms with Crippen molar-refractivity contribution in [1.82, 2.24) is 25.2 Å². The fourth-order valence-electron chi connectivity index (χ4n) is 3.63. The van der Waals surface area contributed by atoms with Crippen LogP contribution >= 0.6 is 0 Å². The van der Waals surface area contributed by atoms with Gasteiger partial charge in [0.15, 0.2) is 5.96 Å². The summed E-state index contributed by atoms with van der Waals surface area (Å²) in [5.41, 5.74) is 1.09. The van der Waals surface area contributed by atoms with E-state index in [0.717, 1.165) is 36.3 Å². The lowest BCUT2D eigenvalue weighted by molar-refractivity contribution is 0.472. The molecule has 1 aliphatic carbocycles. The van der Waals surface area contributed by atoms with Gasteiger partial charge < -0.3 is 10.6 Å². The van der Waals surface area contributed by atoms with Gasteiger partial charge in [-0.2, -0.15) is 0 Å². The van der Waals surface area contributed by atoms with Crippen LogP contribution < -0.4 is 10.6 Å². The number of nitrogens with one attached hydrogen (secondary N) is 2. The van der Waals surface area contributed by atoms with Crippen molar-refractivity contribution in [2.24, 2.45) is 10.9 Å². The number of aliphatic imine (C=N–C) groups is 1. The molecular weight excluding hydrogens is 336 g/mol. The second kappa shape index (κ2) is 10.7. The van der Waals surface area contributed by atoms with E-state index < -0.39 is 0 Å². The fraction of sp³-hybridized carbons (Fsp3) is 0.571. The van der Waals surface area contributed by atoms with Crippen LogP contribution in [0.25, 0.3) is 5.82 Å². The molecule has 2 aromatic rings. The maximum atomic E-state index is 4.69. The summed E-state index contributed by atoms with van der Waals surface area (Å²) >= 11 is 0. The summed E-state index contributed by atoms with van der Waals surface area (Å²) in [5.74, 6) is 2.74. The molecule has 1 saturated carbocycles. The highest BCUT2D eigenvalue weighted by Gasteiger charge is 2.13. The third kappa shape index (κ3) is 6.38. The second-order valence-electron chi connectivity index (χ2n) is 7.26. The summed E-state index contributed by atoms with van der Waals surface area (Å²) in [5, 5.41) is 6.78. The van der Waals surface area contributed by atoms with Crippen molar-refractivity contribution in [3.8, 4) is 5.82 Å². The lowest BCUT2D eigenvalue weighted by Gasteiger charge is -2.12. The van der Waals surface area contributed by atoms with E-state index in [1.54, 1.807) is 12.5 Å². The van der Waals surface area contributed by atoms with Crippen LogP contribution in [-0.4, -0.2) is 33.6 Å². The lowest BCUT2D eigenvalue weighted by atomic mass is 10.0. The molecule has 0 aliphatic heterocycles. The van der Waals surface area contributed by atoms with Crippen LogP contribution in [0.1, 0.15) is 57.4 Å². The van der Waals surface area contributed by atoms with Crippen molar-refractivity contribution in [1.29, 1.82) is 0 Å². The standard InChI is InChI=1S/C21H32N6/c1-2-23-21(24-12-6-5-9-18-7-3-4-8-18)26-16-19-10-11-20(25-15-19)27-14-13-22-17-27/h10-11,13-15,17-18H,2-9,12,16H2,1H3,(H2,23,24,26). The molecule has 6 heteroatoms. The number of nitrogens with zero attached hydrogens (tertiary/aromatic N) is 4. The van der Waals surface area contributed by atoms with Gasteiger partial charge in [0.1, 0.15) is 12.1 Å². The largest absolute Gasteiger partial charge is 0.357 e. The molecule has 146 valence electrons. The Bertz CT molecular complexity index is 671. The summed E-state index contributed by atoms with van der Waals surface area (Å²) in [4.78, 5) is 13.2. The molecule has 27 heavy (non-hydrogen) atoms. The Kier molecular flexibility index (Phi) is 7.69. The molecule has 0 aromatic carbocycles. The predicted molar refractivity (Wildman–Crippen MR) is 110 cm³/mol. The van der Waals surface area contributed by atoms with E-state index in [-0.39, 0.29) is 0 Å². The minimum atomic E-state index is 0.620. The molecule has 1 aliphatic rings. The van der Waals surface area contributed by atoms with E-state index in [1.807, 2.05) is 23.0 Å². The molecule has 0 bridgehead atoms. The topological polar surface area (TPSA) is 67.1 Å². The van der Waals surface area contributed by atoms with Crippen LogP contribution in [0.15, 0.2) is 42.0 Å². The summed E-state index contributed by atoms with van der Waals surface area (Å²) in [7, 11) is 0. The second-order valence-corrected chi connectivity index (χ2v) is 7.26. The molecule has 2 N–H and O–H groups in total. The first-order valence-electron chi connectivity index (χ1n) is 10.3. The Morgan fingerprint density at radius 1 is 1.22 bits per heavy atom. The van der Waals surface area contributed by atoms with Crippen LogP contribution in [0.5, 0.6) is 0 Å². The maximum absolute atomic E-state index is 4.69. The van der Waals surface area contributed by atoms with Crippen molar-refractivity contribution in [3.05, 3.63) is 42.6 Å². The number of hydrogen-bond acceptors (Lipinski definition) is 3. The third-order valence-corrected chi connectivity index (χ3v) is 5.15. The molecule has 0 saturated heterocycles. The minimum absolute atomic E-state index is 0.620. The van der Waals surface area contributed by atoms with Crippen molar-refractivity contribution < 1.29 is 0 Å². The normalized spacial score (nSPS) is 15.2. The van der Waals surface area contributed by atoms with E-state index in [1.165, 1.54) is 44.9 Å². The molecule has 0 unspecified atom stereocenters. The average molecular weight is 369 g/mol. The van der Waals surface area contributed by atoms with Crippen LogP contribution in [0, 0.1) is 5.92 Å². The molecule has 1 fully saturated rings. The van der Waals surface area contributed by atoms with Gasteiger partial charge in [0.2, 0.25) is 0 Å². The predicted octanol–water partition coefficient (Wildman–Crippen LogP) is 3.68. The lowest BCUT2D eigenvalue weighted by Crippen LogP contribution is -2.37. The molecule has 3 rings (SSSR count). The summed E-state index contributed by atoms with van der Waals surface area (Å²) in [6.45, 7) is 4.56. The molecule has 2 aromatic heterocycles. The maximum Gasteiger partial charge on any atom is 0.191 e. The van der Waals surface area contributed by atoms with Gasteiger partial charge in [0, 0.05) is 31.7 Å². The van der Waals surface area contributed by atoms with Gasteiger partial charge in [-0.15, -0.1) is 0 Å². The van der Waals surface area contributed by atoms with Crippen molar-refractivity contribution in [2.75, 3.05) is 13.1 Å². The van der Waals surface area contributed by atoms with Gasteiger partial charge in [-0.05, 0) is 30.9 Å². The van der Waals surface area contributed by atoms with Crippen molar-refractivity contribution in [3.63, 3.8) is 0 Å². The smallest absolute Gasteiger partial charge is 0.191 e. The Balaban J connectivity index is 1.42. The van der Waals surface area contributed by atoms with Crippen LogP contribution in [0.3, 0.4) is 0 Å². The number of unbranched alkanes of at least 4 members (excludes halogenated alkanes) is 1. The number of hydrogen-bond donors (Lipinski definition) is 2. The molecule has 0 spiro atoms. The van der Waals surface area contributed by atoms with Crippen LogP contribution in [-0.2, 0) is 6.54 Å². The minimum Gasteiger partial charge on any atom is -0.357 e. The monoisotopic (exact) mass is 368 g/mol. The molecule has 0 amide bonds. The SMILES string of the molecule is CCNC(=NCc1ccc(-n2ccnc2)nc1)NCCCCC1CCCC1. The van der Waals surface area contributed by atoms with Crippen LogP contribution in [0.4, 0.5) is 0 Å². The average Bonchev–Trinajstić information content (AvgIpc) is 3.40. The highest BCUT2D eigenvalue weighted by Crippen LogP contribution is 2.28. The number of aromatic nitrogens is 3. The third-order valence-electron chi connectivity index (χ3n) is 5.15. The first-order valence-corrected chi connectivity index (χ1v) is 10.3. The highest BCUT2D eigenvalue weighted by atomic mass is 15.2. The zero-order valence-electron chi connectivity index (χ0n) is 16.4. The Hall–Kier alpha value is -2.37. The van der Waals surface area contributed by atoms with E-state index >= 15 is 0 Å². The fourth-order valence-corrected chi connectivity index (χ4v) is 3.63. The first kappa shape index (κ1) is 19.4. The molecule has 2 heterocycles. The zero-order valence-corrected chi connectivity index (χ0v) is 16.4. The molecule has 0 atom stereocenters. The van der Waals surface area contributed by atoms with Gasteiger partial charge >= 0.3 is 0 Å². The van der Waals surface area contributed by atoms with Gasteiger partial charge in [0.05, 0.1) is 6.54 Å². The number of imidazole rings is 1. The molecule has 0 radical (unpaired) electrons. The van der Waals surface area contributed by atoms with Crippen molar-refractivity contribution in [2.45, 2.75) is 58.4 Å². The van der Waals surface area contributed by atoms with E-state index in [4.69, 9.17) is 0 Å². The highest BCUT2D eigenvalue weighted by molar-refractivity contribution is 5.79. The first-order chi connectivity index (χ1) is 13.3. The Morgan fingerprint density at radius 2 is 2.11 bits per heavy atom. The van der Waals surface area contributed by atoms with E-state index in [0.29, 0.717) is 6.54 Å². The zero-order chi connectivity index (χ0) is 18.7. The summed E-state index contributed by atoms with van der Waals surface area (Å²) in [6, 6.07) is 4.06. The van der Waals surface area contributed by atoms with E-state index in [9.17, 15) is 0 Å². The van der Waals surface area contributed by atoms with Gasteiger partial charge in [-0.3, -0.25) is 4.57 Å². The number of pyridine rings is 1. The van der Waals surface area contributed by atoms with E-state index in [2.05, 4.69) is 38.6 Å². The molecular formula is C21H32N6. The quantitative estimate of drug-likeness (QED) is 0.402. The summed E-state index contributed by atoms with van der Waals surface area (Å²) in [6.07, 6.45) is 17.0. The Morgan fingerprint density at radius 3 is 2.81 bits per heavy atom. The number of guanidine groups is 1. The van der Waals surface area contributed by atoms with Gasteiger partial charge in [-0.25, -0.2) is 15.0 Å². The van der Waals surface area contributed by atoms with Gasteiger partial charge in [-0.1, -0.05) is 44.6 Å².